The van der Waals surface area contributed by atoms with E-state index in [9.17, 15) is 18.0 Å². The van der Waals surface area contributed by atoms with Gasteiger partial charge in [0.25, 0.3) is 0 Å². The molecule has 1 aliphatic heterocycles. The molecule has 1 unspecified atom stereocenters. The summed E-state index contributed by atoms with van der Waals surface area (Å²) in [5.74, 6) is 0.525. The Morgan fingerprint density at radius 2 is 1.63 bits per heavy atom. The van der Waals surface area contributed by atoms with Crippen LogP contribution in [0, 0.1) is 0 Å². The summed E-state index contributed by atoms with van der Waals surface area (Å²) in [4.78, 5) is 29.3. The molecule has 2 amide bonds. The van der Waals surface area contributed by atoms with Crippen molar-refractivity contribution in [3.05, 3.63) is 88.4 Å². The lowest BCUT2D eigenvalue weighted by Crippen LogP contribution is -2.54. The van der Waals surface area contributed by atoms with Crippen LogP contribution in [0.2, 0.25) is 0 Å². The smallest absolute Gasteiger partial charge is 0.243 e. The van der Waals surface area contributed by atoms with Crippen LogP contribution < -0.4 is 19.1 Å². The first kappa shape index (κ1) is 32.3. The average molecular weight is 673 g/mol. The molecule has 0 bridgehead atoms. The standard InChI is InChI=1S/C32H38BrN3O6S/c1-32(2,3)34-31(38)27(19-23-9-6-5-7-10-23)35(21-24-12-14-25(33)15-13-24)30(37)11-8-18-36(43(4,39)40)26-16-17-28-29(20-26)42-22-41-28/h5-7,9-10,12-17,20,27H,8,11,18-19,21-22H2,1-4H3,(H,34,38). The second-order valence-electron chi connectivity index (χ2n) is 11.6. The summed E-state index contributed by atoms with van der Waals surface area (Å²) in [6, 6.07) is 21.4. The lowest BCUT2D eigenvalue weighted by Gasteiger charge is -2.34. The Hall–Kier alpha value is -3.57. The van der Waals surface area contributed by atoms with Gasteiger partial charge in [-0.1, -0.05) is 58.4 Å². The number of carbonyl (C=O) groups is 2. The third kappa shape index (κ3) is 9.21. The molecule has 4 rings (SSSR count). The van der Waals surface area contributed by atoms with Gasteiger partial charge in [0.15, 0.2) is 11.5 Å². The summed E-state index contributed by atoms with van der Waals surface area (Å²) in [5.41, 5.74) is 1.73. The predicted molar refractivity (Wildman–Crippen MR) is 171 cm³/mol. The molecule has 1 heterocycles. The minimum atomic E-state index is -3.65. The Labute approximate surface area is 262 Å². The van der Waals surface area contributed by atoms with Crippen molar-refractivity contribution in [2.75, 3.05) is 23.9 Å². The summed E-state index contributed by atoms with van der Waals surface area (Å²) >= 11 is 3.46. The third-order valence-corrected chi connectivity index (χ3v) is 8.55. The maximum Gasteiger partial charge on any atom is 0.243 e. The van der Waals surface area contributed by atoms with Crippen molar-refractivity contribution in [3.63, 3.8) is 0 Å². The normalized spacial score (nSPS) is 13.3. The molecule has 11 heteroatoms. The minimum absolute atomic E-state index is 0.0428. The SMILES string of the molecule is CC(C)(C)NC(=O)C(Cc1ccccc1)N(Cc1ccc(Br)cc1)C(=O)CCCN(c1ccc2c(c1)OCO2)S(C)(=O)=O. The van der Waals surface area contributed by atoms with Crippen LogP contribution in [0.25, 0.3) is 0 Å². The van der Waals surface area contributed by atoms with E-state index < -0.39 is 21.6 Å². The predicted octanol–water partition coefficient (Wildman–Crippen LogP) is 5.28. The van der Waals surface area contributed by atoms with Crippen molar-refractivity contribution in [1.82, 2.24) is 10.2 Å². The van der Waals surface area contributed by atoms with Gasteiger partial charge in [-0.2, -0.15) is 0 Å². The van der Waals surface area contributed by atoms with Crippen molar-refractivity contribution in [1.29, 1.82) is 0 Å². The molecule has 0 aromatic heterocycles. The van der Waals surface area contributed by atoms with Gasteiger partial charge in [0, 0.05) is 42.0 Å². The van der Waals surface area contributed by atoms with Gasteiger partial charge in [0.1, 0.15) is 6.04 Å². The van der Waals surface area contributed by atoms with E-state index in [1.54, 1.807) is 23.1 Å². The first-order chi connectivity index (χ1) is 20.3. The molecule has 1 atom stereocenters. The molecular formula is C32H38BrN3O6S. The molecule has 3 aromatic carbocycles. The molecule has 9 nitrogen and oxygen atoms in total. The van der Waals surface area contributed by atoms with Crippen molar-refractivity contribution < 1.29 is 27.5 Å². The van der Waals surface area contributed by atoms with Crippen LogP contribution in [0.1, 0.15) is 44.7 Å². The number of ether oxygens (including phenoxy) is 2. The zero-order valence-corrected chi connectivity index (χ0v) is 27.3. The number of benzene rings is 3. The first-order valence-electron chi connectivity index (χ1n) is 14.1. The second-order valence-corrected chi connectivity index (χ2v) is 14.4. The Kier molecular flexibility index (Phi) is 10.4. The molecule has 0 spiro atoms. The van der Waals surface area contributed by atoms with E-state index in [0.29, 0.717) is 23.6 Å². The van der Waals surface area contributed by atoms with Crippen molar-refractivity contribution >= 4 is 43.5 Å². The van der Waals surface area contributed by atoms with E-state index in [2.05, 4.69) is 21.2 Å². The lowest BCUT2D eigenvalue weighted by atomic mass is 10.00. The fourth-order valence-corrected chi connectivity index (χ4v) is 6.06. The van der Waals surface area contributed by atoms with Gasteiger partial charge in [-0.3, -0.25) is 13.9 Å². The largest absolute Gasteiger partial charge is 0.454 e. The van der Waals surface area contributed by atoms with Crippen LogP contribution in [0.5, 0.6) is 11.5 Å². The highest BCUT2D eigenvalue weighted by molar-refractivity contribution is 9.10. The average Bonchev–Trinajstić information content (AvgIpc) is 3.41. The van der Waals surface area contributed by atoms with Gasteiger partial charge in [0.05, 0.1) is 11.9 Å². The van der Waals surface area contributed by atoms with E-state index in [1.165, 1.54) is 4.31 Å². The maximum absolute atomic E-state index is 14.0. The lowest BCUT2D eigenvalue weighted by molar-refractivity contribution is -0.142. The van der Waals surface area contributed by atoms with Crippen molar-refractivity contribution in [2.24, 2.45) is 0 Å². The number of amides is 2. The molecule has 230 valence electrons. The van der Waals surface area contributed by atoms with Gasteiger partial charge in [0.2, 0.25) is 28.6 Å². The summed E-state index contributed by atoms with van der Waals surface area (Å²) in [6.45, 7) is 6.09. The summed E-state index contributed by atoms with van der Waals surface area (Å²) < 4.78 is 38.4. The quantitative estimate of drug-likeness (QED) is 0.281. The Morgan fingerprint density at radius 3 is 2.28 bits per heavy atom. The fourth-order valence-electron chi connectivity index (χ4n) is 4.84. The van der Waals surface area contributed by atoms with Gasteiger partial charge in [-0.25, -0.2) is 8.42 Å². The molecule has 43 heavy (non-hydrogen) atoms. The van der Waals surface area contributed by atoms with Gasteiger partial charge in [-0.15, -0.1) is 0 Å². The van der Waals surface area contributed by atoms with E-state index in [1.807, 2.05) is 75.4 Å². The number of hydrogen-bond donors (Lipinski definition) is 1. The number of halogens is 1. The van der Waals surface area contributed by atoms with E-state index >= 15 is 0 Å². The number of nitrogens with one attached hydrogen (secondary N) is 1. The van der Waals surface area contributed by atoms with E-state index in [0.717, 1.165) is 21.9 Å². The second kappa shape index (κ2) is 13.8. The van der Waals surface area contributed by atoms with Crippen LogP contribution in [0.4, 0.5) is 5.69 Å². The molecule has 0 fully saturated rings. The molecular weight excluding hydrogens is 634 g/mol. The highest BCUT2D eigenvalue weighted by atomic mass is 79.9. The van der Waals surface area contributed by atoms with Crippen LogP contribution in [-0.4, -0.2) is 56.3 Å². The number of anilines is 1. The Balaban J connectivity index is 1.58. The highest BCUT2D eigenvalue weighted by Gasteiger charge is 2.32. The summed E-state index contributed by atoms with van der Waals surface area (Å²) in [5, 5.41) is 3.06. The monoisotopic (exact) mass is 671 g/mol. The van der Waals surface area contributed by atoms with Gasteiger partial charge >= 0.3 is 0 Å². The molecule has 3 aromatic rings. The van der Waals surface area contributed by atoms with Gasteiger partial charge < -0.3 is 19.7 Å². The van der Waals surface area contributed by atoms with Crippen LogP contribution in [0.3, 0.4) is 0 Å². The Bertz CT molecular complexity index is 1520. The first-order valence-corrected chi connectivity index (χ1v) is 16.7. The zero-order chi connectivity index (χ0) is 31.2. The van der Waals surface area contributed by atoms with E-state index in [4.69, 9.17) is 9.47 Å². The number of fused-ring (bicyclic) bond motifs is 1. The minimum Gasteiger partial charge on any atom is -0.454 e. The van der Waals surface area contributed by atoms with Crippen LogP contribution in [0.15, 0.2) is 77.3 Å². The maximum atomic E-state index is 14.0. The third-order valence-electron chi connectivity index (χ3n) is 6.83. The molecule has 0 saturated heterocycles. The molecule has 0 radical (unpaired) electrons. The fraction of sp³-hybridized carbons (Fsp3) is 0.375. The zero-order valence-electron chi connectivity index (χ0n) is 24.9. The molecule has 0 aliphatic carbocycles. The van der Waals surface area contributed by atoms with Gasteiger partial charge in [-0.05, 0) is 62.6 Å². The number of carbonyl (C=O) groups excluding carboxylic acids is 2. The molecule has 1 N–H and O–H groups in total. The number of rotatable bonds is 12. The highest BCUT2D eigenvalue weighted by Crippen LogP contribution is 2.36. The van der Waals surface area contributed by atoms with E-state index in [-0.39, 0.29) is 44.5 Å². The summed E-state index contributed by atoms with van der Waals surface area (Å²) in [7, 11) is -3.65. The summed E-state index contributed by atoms with van der Waals surface area (Å²) in [6.07, 6.45) is 1.75. The van der Waals surface area contributed by atoms with Crippen molar-refractivity contribution in [3.8, 4) is 11.5 Å². The number of nitrogens with zero attached hydrogens (tertiary/aromatic N) is 2. The number of hydrogen-bond acceptors (Lipinski definition) is 6. The van der Waals surface area contributed by atoms with Crippen molar-refractivity contribution in [2.45, 2.75) is 58.2 Å². The Morgan fingerprint density at radius 1 is 0.953 bits per heavy atom. The van der Waals surface area contributed by atoms with Crippen LogP contribution >= 0.6 is 15.9 Å². The topological polar surface area (TPSA) is 105 Å². The number of sulfonamides is 1. The molecule has 1 aliphatic rings. The van der Waals surface area contributed by atoms with Crippen LogP contribution in [-0.2, 0) is 32.6 Å². The molecule has 0 saturated carbocycles.